The molecule has 59 heavy (non-hydrogen) atoms. The molecule has 1 aromatic heterocycles. The predicted molar refractivity (Wildman–Crippen MR) is 200 cm³/mol. The van der Waals surface area contributed by atoms with E-state index >= 15 is 4.39 Å². The highest BCUT2D eigenvalue weighted by atomic mass is 19.1. The molecule has 5 heterocycles. The van der Waals surface area contributed by atoms with Crippen LogP contribution in [0.3, 0.4) is 0 Å². The summed E-state index contributed by atoms with van der Waals surface area (Å²) in [4.78, 5) is 14.3. The summed E-state index contributed by atoms with van der Waals surface area (Å²) in [6.07, 6.45) is -3.33. The molecule has 10 atom stereocenters. The minimum Gasteiger partial charge on any atom is -0.493 e. The van der Waals surface area contributed by atoms with Gasteiger partial charge < -0.3 is 67.7 Å². The van der Waals surface area contributed by atoms with E-state index in [0.717, 1.165) is 16.7 Å². The van der Waals surface area contributed by atoms with Gasteiger partial charge in [0.25, 0.3) is 0 Å². The zero-order chi connectivity index (χ0) is 41.1. The van der Waals surface area contributed by atoms with Crippen molar-refractivity contribution in [1.82, 2.24) is 9.55 Å². The molecule has 17 nitrogen and oxygen atoms in total. The van der Waals surface area contributed by atoms with E-state index in [2.05, 4.69) is 4.98 Å². The van der Waals surface area contributed by atoms with Crippen LogP contribution < -0.4 is 28.4 Å². The zero-order valence-electron chi connectivity index (χ0n) is 32.6. The molecule has 314 valence electrons. The van der Waals surface area contributed by atoms with Crippen molar-refractivity contribution < 1.29 is 66.9 Å². The van der Waals surface area contributed by atoms with Gasteiger partial charge in [0, 0.05) is 5.92 Å². The van der Waals surface area contributed by atoms with Crippen molar-refractivity contribution in [3.05, 3.63) is 92.5 Å². The number of hydrogen-bond donors (Lipinski definition) is 2. The van der Waals surface area contributed by atoms with E-state index in [1.54, 1.807) is 13.0 Å². The van der Waals surface area contributed by atoms with Crippen molar-refractivity contribution >= 4 is 5.95 Å². The largest absolute Gasteiger partial charge is 0.493 e. The number of nitro groups is 1. The Bertz CT molecular complexity index is 2210. The molecule has 4 aromatic rings. The minimum atomic E-state index is -1.43. The van der Waals surface area contributed by atoms with Gasteiger partial charge in [-0.1, -0.05) is 11.1 Å². The molecule has 2 N–H and O–H groups in total. The van der Waals surface area contributed by atoms with E-state index in [0.29, 0.717) is 59.6 Å². The van der Waals surface area contributed by atoms with E-state index in [1.165, 1.54) is 44.2 Å². The molecule has 0 spiro atoms. The first-order valence-corrected chi connectivity index (χ1v) is 19.3. The summed E-state index contributed by atoms with van der Waals surface area (Å²) in [6, 6.07) is 12.3. The summed E-state index contributed by atoms with van der Waals surface area (Å²) in [6.45, 7) is 2.67. The lowest BCUT2D eigenvalue weighted by atomic mass is 9.61. The third-order valence-electron chi connectivity index (χ3n) is 12.1. The standard InChI is InChI=1S/C41H44FN3O14/c1-19-57-38-34(59-40(47)36(46)39(38)58-19)11-24-23-10-30-31(56-18-55-30)12-25(23)35(27-17-52-16-26(24)27)21-8-32(50-3)37(33(9-21)51-4)54-14-20-5-6-29(28(42)7-20)53-15-22-13-43-41(44(22)2)45(48)49/h5-10,12-13,19,24,26-27,34-36,38-40,46-47H,11,14-18H2,1-4H3. The first kappa shape index (κ1) is 39.2. The van der Waals surface area contributed by atoms with Crippen LogP contribution in [0.4, 0.5) is 10.3 Å². The van der Waals surface area contributed by atoms with Crippen LogP contribution in [0.25, 0.3) is 0 Å². The zero-order valence-corrected chi connectivity index (χ0v) is 32.6. The van der Waals surface area contributed by atoms with Crippen LogP contribution in [-0.4, -0.2) is 95.9 Å². The summed E-state index contributed by atoms with van der Waals surface area (Å²) in [7, 11) is 4.56. The topological polar surface area (TPSA) is 194 Å². The highest BCUT2D eigenvalue weighted by molar-refractivity contribution is 5.59. The van der Waals surface area contributed by atoms with Crippen molar-refractivity contribution in [2.75, 3.05) is 34.2 Å². The SMILES string of the molecule is COc1cc(C2c3cc4c(cc3C(CC3OC(O)C(O)C5OC(C)OC35)C3COCC23)OCO4)cc(OC)c1OCc1ccc(OCc2cnc([N+](=O)[O-])n2C)c(F)c1. The average Bonchev–Trinajstić information content (AvgIpc) is 4.05. The van der Waals surface area contributed by atoms with Crippen molar-refractivity contribution in [2.45, 2.75) is 75.4 Å². The maximum absolute atomic E-state index is 15.2. The second kappa shape index (κ2) is 15.7. The molecule has 0 radical (unpaired) electrons. The fourth-order valence-electron chi connectivity index (χ4n) is 9.26. The van der Waals surface area contributed by atoms with Crippen molar-refractivity contribution in [2.24, 2.45) is 18.9 Å². The van der Waals surface area contributed by atoms with Gasteiger partial charge in [-0.2, -0.15) is 0 Å². The van der Waals surface area contributed by atoms with Gasteiger partial charge >= 0.3 is 5.95 Å². The summed E-state index contributed by atoms with van der Waals surface area (Å²) < 4.78 is 76.1. The number of methoxy groups -OCH3 is 2. The molecule has 1 aliphatic carbocycles. The molecule has 5 aliphatic rings. The minimum absolute atomic E-state index is 0.000310. The molecule has 0 saturated carbocycles. The Morgan fingerprint density at radius 3 is 2.32 bits per heavy atom. The first-order valence-electron chi connectivity index (χ1n) is 19.3. The van der Waals surface area contributed by atoms with Crippen LogP contribution in [0, 0.1) is 27.8 Å². The number of fused-ring (bicyclic) bond motifs is 4. The monoisotopic (exact) mass is 821 g/mol. The summed E-state index contributed by atoms with van der Waals surface area (Å²) >= 11 is 0. The highest BCUT2D eigenvalue weighted by Gasteiger charge is 2.54. The number of halogens is 1. The lowest BCUT2D eigenvalue weighted by Crippen LogP contribution is -2.56. The average molecular weight is 822 g/mol. The van der Waals surface area contributed by atoms with Gasteiger partial charge in [0.05, 0.1) is 40.6 Å². The number of aliphatic hydroxyl groups excluding tert-OH is 2. The van der Waals surface area contributed by atoms with Crippen LogP contribution >= 0.6 is 0 Å². The maximum Gasteiger partial charge on any atom is 0.434 e. The third kappa shape index (κ3) is 7.06. The van der Waals surface area contributed by atoms with Crippen LogP contribution in [0.2, 0.25) is 0 Å². The Labute approximate surface area is 337 Å². The number of hydrogen-bond acceptors (Lipinski definition) is 15. The summed E-state index contributed by atoms with van der Waals surface area (Å²) in [5.74, 6) is 1.12. The highest BCUT2D eigenvalue weighted by Crippen LogP contribution is 2.57. The van der Waals surface area contributed by atoms with Crippen molar-refractivity contribution in [3.63, 3.8) is 0 Å². The molecule has 3 fully saturated rings. The quantitative estimate of drug-likeness (QED) is 0.150. The Hall–Kier alpha value is -5.24. The van der Waals surface area contributed by atoms with Gasteiger partial charge in [-0.3, -0.25) is 0 Å². The second-order valence-electron chi connectivity index (χ2n) is 15.3. The molecule has 3 saturated heterocycles. The van der Waals surface area contributed by atoms with Gasteiger partial charge in [0.2, 0.25) is 12.5 Å². The number of nitrogens with zero attached hydrogens (tertiary/aromatic N) is 3. The molecule has 0 bridgehead atoms. The van der Waals surface area contributed by atoms with Crippen LogP contribution in [-0.2, 0) is 39.2 Å². The molecular formula is C41H44FN3O14. The fraction of sp³-hybridized carbons (Fsp3) is 0.488. The van der Waals surface area contributed by atoms with E-state index < -0.39 is 47.7 Å². The number of aromatic nitrogens is 2. The molecular weight excluding hydrogens is 777 g/mol. The number of aliphatic hydroxyl groups is 2. The lowest BCUT2D eigenvalue weighted by Gasteiger charge is -2.44. The van der Waals surface area contributed by atoms with Gasteiger partial charge in [-0.25, -0.2) is 8.96 Å². The number of ether oxygens (including phenoxy) is 10. The van der Waals surface area contributed by atoms with Crippen LogP contribution in [0.5, 0.6) is 34.5 Å². The molecule has 0 amide bonds. The Morgan fingerprint density at radius 1 is 0.915 bits per heavy atom. The predicted octanol–water partition coefficient (Wildman–Crippen LogP) is 4.46. The normalized spacial score (nSPS) is 29.1. The van der Waals surface area contributed by atoms with E-state index in [1.807, 2.05) is 24.3 Å². The molecule has 9 rings (SSSR count). The maximum atomic E-state index is 15.2. The third-order valence-corrected chi connectivity index (χ3v) is 12.1. The van der Waals surface area contributed by atoms with Crippen LogP contribution in [0.15, 0.2) is 48.7 Å². The molecule has 10 unspecified atom stereocenters. The smallest absolute Gasteiger partial charge is 0.434 e. The van der Waals surface area contributed by atoms with Gasteiger partial charge in [0.15, 0.2) is 52.8 Å². The van der Waals surface area contributed by atoms with E-state index in [9.17, 15) is 20.3 Å². The van der Waals surface area contributed by atoms with E-state index in [4.69, 9.17) is 47.4 Å². The Balaban J connectivity index is 0.986. The van der Waals surface area contributed by atoms with Crippen molar-refractivity contribution in [1.29, 1.82) is 0 Å². The Kier molecular flexibility index (Phi) is 10.5. The van der Waals surface area contributed by atoms with Crippen molar-refractivity contribution in [3.8, 4) is 34.5 Å². The van der Waals surface area contributed by atoms with Gasteiger partial charge in [-0.05, 0) is 94.7 Å². The lowest BCUT2D eigenvalue weighted by molar-refractivity contribution is -0.396. The summed E-state index contributed by atoms with van der Waals surface area (Å²) in [5.41, 5.74) is 3.84. The molecule has 4 aliphatic heterocycles. The fourth-order valence-corrected chi connectivity index (χ4v) is 9.26. The van der Waals surface area contributed by atoms with Gasteiger partial charge in [-0.15, -0.1) is 0 Å². The number of imidazole rings is 1. The van der Waals surface area contributed by atoms with E-state index in [-0.39, 0.29) is 55.4 Å². The number of benzene rings is 3. The first-order chi connectivity index (χ1) is 28.5. The van der Waals surface area contributed by atoms with Gasteiger partial charge in [0.1, 0.15) is 37.7 Å². The van der Waals surface area contributed by atoms with Crippen LogP contribution in [0.1, 0.15) is 53.1 Å². The Morgan fingerprint density at radius 2 is 1.63 bits per heavy atom. The summed E-state index contributed by atoms with van der Waals surface area (Å²) in [5, 5.41) is 32.5. The molecule has 18 heteroatoms. The second-order valence-corrected chi connectivity index (χ2v) is 15.3. The number of rotatable bonds is 12. The molecule has 3 aromatic carbocycles.